The van der Waals surface area contributed by atoms with E-state index in [4.69, 9.17) is 0 Å². The van der Waals surface area contributed by atoms with Gasteiger partial charge in [0.25, 0.3) is 0 Å². The summed E-state index contributed by atoms with van der Waals surface area (Å²) in [6.07, 6.45) is 0.516. The number of nitrogens with zero attached hydrogens (tertiary/aromatic N) is 2. The first-order valence-electron chi connectivity index (χ1n) is 6.40. The number of nitrogens with one attached hydrogen (secondary N) is 1. The maximum Gasteiger partial charge on any atom is 0.228 e. The first-order valence-corrected chi connectivity index (χ1v) is 7.03. The lowest BCUT2D eigenvalue weighted by atomic mass is 10.1. The van der Waals surface area contributed by atoms with Gasteiger partial charge in [0.1, 0.15) is 5.82 Å². The van der Waals surface area contributed by atoms with Gasteiger partial charge >= 0.3 is 0 Å². The van der Waals surface area contributed by atoms with E-state index in [0.29, 0.717) is 24.5 Å². The van der Waals surface area contributed by atoms with Gasteiger partial charge in [-0.2, -0.15) is 17.7 Å². The Labute approximate surface area is 121 Å². The van der Waals surface area contributed by atoms with E-state index in [1.807, 2.05) is 6.07 Å². The highest BCUT2D eigenvalue weighted by Gasteiger charge is 2.31. The van der Waals surface area contributed by atoms with E-state index in [1.165, 1.54) is 12.1 Å². The maximum atomic E-state index is 12.9. The predicted octanol–water partition coefficient (Wildman–Crippen LogP) is 2.50. The van der Waals surface area contributed by atoms with Gasteiger partial charge in [-0.1, -0.05) is 0 Å². The molecule has 104 valence electrons. The molecule has 1 aromatic carbocycles. The zero-order chi connectivity index (χ0) is 14.1. The van der Waals surface area contributed by atoms with Crippen LogP contribution in [0, 0.1) is 11.7 Å². The van der Waals surface area contributed by atoms with Crippen molar-refractivity contribution < 1.29 is 9.18 Å². The van der Waals surface area contributed by atoms with E-state index in [1.54, 1.807) is 17.0 Å². The second-order valence-corrected chi connectivity index (χ2v) is 5.27. The van der Waals surface area contributed by atoms with E-state index in [-0.39, 0.29) is 17.6 Å². The Hall–Kier alpha value is -1.82. The third-order valence-electron chi connectivity index (χ3n) is 3.46. The molecule has 0 spiro atoms. The molecule has 1 N–H and O–H groups in total. The molecule has 0 bridgehead atoms. The topological polar surface area (TPSA) is 49.0 Å². The molecule has 1 aliphatic rings. The van der Waals surface area contributed by atoms with Crippen molar-refractivity contribution in [1.82, 2.24) is 10.2 Å². The first-order chi connectivity index (χ1) is 9.67. The van der Waals surface area contributed by atoms with Crippen LogP contribution >= 0.6 is 12.6 Å². The van der Waals surface area contributed by atoms with Crippen LogP contribution in [0.25, 0.3) is 11.3 Å². The molecule has 2 heterocycles. The lowest BCUT2D eigenvalue weighted by Gasteiger charge is -2.12. The molecule has 20 heavy (non-hydrogen) atoms. The number of benzene rings is 1. The van der Waals surface area contributed by atoms with Crippen LogP contribution in [0.5, 0.6) is 0 Å². The van der Waals surface area contributed by atoms with Crippen molar-refractivity contribution in [2.75, 3.05) is 17.2 Å². The van der Waals surface area contributed by atoms with Gasteiger partial charge in [0.05, 0.1) is 5.69 Å². The molecule has 1 saturated heterocycles. The number of carbonyl (C=O) groups is 1. The predicted molar refractivity (Wildman–Crippen MR) is 78.3 cm³/mol. The van der Waals surface area contributed by atoms with Crippen molar-refractivity contribution >= 4 is 24.4 Å². The number of anilines is 1. The van der Waals surface area contributed by atoms with Crippen molar-refractivity contribution in [3.63, 3.8) is 0 Å². The molecule has 0 saturated carbocycles. The van der Waals surface area contributed by atoms with Gasteiger partial charge in [-0.05, 0) is 41.5 Å². The monoisotopic (exact) mass is 291 g/mol. The van der Waals surface area contributed by atoms with Crippen molar-refractivity contribution in [2.45, 2.75) is 6.42 Å². The van der Waals surface area contributed by atoms with Crippen LogP contribution in [-0.2, 0) is 4.79 Å². The molecule has 4 nitrogen and oxygen atoms in total. The van der Waals surface area contributed by atoms with Gasteiger partial charge in [-0.25, -0.2) is 4.39 Å². The molecular formula is C14H14FN3OS. The van der Waals surface area contributed by atoms with Crippen LogP contribution in [0.3, 0.4) is 0 Å². The second kappa shape index (κ2) is 5.28. The summed E-state index contributed by atoms with van der Waals surface area (Å²) in [7, 11) is 0. The Bertz CT molecular complexity index is 626. The SMILES string of the molecule is O=C1CC(CS)CN1c1cc(-c2ccc(F)cc2)[nH]n1. The molecular weight excluding hydrogens is 277 g/mol. The Morgan fingerprint density at radius 2 is 2.15 bits per heavy atom. The van der Waals surface area contributed by atoms with E-state index in [0.717, 1.165) is 11.3 Å². The number of halogens is 1. The Kier molecular flexibility index (Phi) is 3.48. The highest BCUT2D eigenvalue weighted by Crippen LogP contribution is 2.27. The molecule has 6 heteroatoms. The zero-order valence-electron chi connectivity index (χ0n) is 10.7. The molecule has 1 atom stereocenters. The number of hydrogen-bond acceptors (Lipinski definition) is 3. The minimum absolute atomic E-state index is 0.0706. The minimum Gasteiger partial charge on any atom is -0.295 e. The molecule has 1 unspecified atom stereocenters. The van der Waals surface area contributed by atoms with Crippen LogP contribution in [0.2, 0.25) is 0 Å². The summed E-state index contributed by atoms with van der Waals surface area (Å²) in [4.78, 5) is 13.6. The van der Waals surface area contributed by atoms with Crippen molar-refractivity contribution in [1.29, 1.82) is 0 Å². The van der Waals surface area contributed by atoms with Gasteiger partial charge in [0.2, 0.25) is 5.91 Å². The highest BCUT2D eigenvalue weighted by molar-refractivity contribution is 7.80. The van der Waals surface area contributed by atoms with E-state index >= 15 is 0 Å². The fourth-order valence-electron chi connectivity index (χ4n) is 2.35. The summed E-state index contributed by atoms with van der Waals surface area (Å²) >= 11 is 4.24. The number of aromatic amines is 1. The molecule has 1 aromatic heterocycles. The third kappa shape index (κ3) is 2.43. The summed E-state index contributed by atoms with van der Waals surface area (Å²) in [6.45, 7) is 0.649. The first kappa shape index (κ1) is 13.2. The van der Waals surface area contributed by atoms with Crippen molar-refractivity contribution in [3.8, 4) is 11.3 Å². The maximum absolute atomic E-state index is 12.9. The summed E-state index contributed by atoms with van der Waals surface area (Å²) in [6, 6.07) is 7.96. The number of rotatable bonds is 3. The lowest BCUT2D eigenvalue weighted by Crippen LogP contribution is -2.24. The summed E-state index contributed by atoms with van der Waals surface area (Å²) in [5.74, 6) is 1.37. The number of carbonyl (C=O) groups excluding carboxylic acids is 1. The normalized spacial score (nSPS) is 18.8. The van der Waals surface area contributed by atoms with Crippen LogP contribution < -0.4 is 4.90 Å². The van der Waals surface area contributed by atoms with Gasteiger partial charge in [0.15, 0.2) is 5.82 Å². The molecule has 0 radical (unpaired) electrons. The van der Waals surface area contributed by atoms with Gasteiger partial charge in [-0.3, -0.25) is 14.8 Å². The number of thiol groups is 1. The van der Waals surface area contributed by atoms with E-state index in [9.17, 15) is 9.18 Å². The second-order valence-electron chi connectivity index (χ2n) is 4.90. The standard InChI is InChI=1S/C14H14FN3OS/c15-11-3-1-10(2-4-11)12-6-13(17-16-12)18-7-9(8-20)5-14(18)19/h1-4,6,9,20H,5,7-8H2,(H,16,17). The molecule has 2 aromatic rings. The average molecular weight is 291 g/mol. The number of hydrogen-bond donors (Lipinski definition) is 2. The molecule has 1 aliphatic heterocycles. The van der Waals surface area contributed by atoms with Crippen molar-refractivity contribution in [2.24, 2.45) is 5.92 Å². The summed E-state index contributed by atoms with van der Waals surface area (Å²) in [5.41, 5.74) is 1.60. The lowest BCUT2D eigenvalue weighted by molar-refractivity contribution is -0.117. The highest BCUT2D eigenvalue weighted by atomic mass is 32.1. The summed E-state index contributed by atoms with van der Waals surface area (Å²) < 4.78 is 12.9. The molecule has 3 rings (SSSR count). The van der Waals surface area contributed by atoms with E-state index in [2.05, 4.69) is 22.8 Å². The smallest absolute Gasteiger partial charge is 0.228 e. The largest absolute Gasteiger partial charge is 0.295 e. The fraction of sp³-hybridized carbons (Fsp3) is 0.286. The Morgan fingerprint density at radius 1 is 1.40 bits per heavy atom. The third-order valence-corrected chi connectivity index (χ3v) is 3.98. The fourth-order valence-corrected chi connectivity index (χ4v) is 2.60. The molecule has 1 amide bonds. The number of aromatic nitrogens is 2. The van der Waals surface area contributed by atoms with Gasteiger partial charge < -0.3 is 0 Å². The van der Waals surface area contributed by atoms with Gasteiger partial charge in [-0.15, -0.1) is 0 Å². The summed E-state index contributed by atoms with van der Waals surface area (Å²) in [5, 5.41) is 7.06. The van der Waals surface area contributed by atoms with Crippen LogP contribution in [0.4, 0.5) is 10.2 Å². The van der Waals surface area contributed by atoms with Crippen LogP contribution in [0.15, 0.2) is 30.3 Å². The number of H-pyrrole nitrogens is 1. The zero-order valence-corrected chi connectivity index (χ0v) is 11.6. The number of amides is 1. The van der Waals surface area contributed by atoms with Crippen molar-refractivity contribution in [3.05, 3.63) is 36.1 Å². The Balaban J connectivity index is 1.83. The van der Waals surface area contributed by atoms with Crippen LogP contribution in [0.1, 0.15) is 6.42 Å². The quantitative estimate of drug-likeness (QED) is 0.854. The Morgan fingerprint density at radius 3 is 2.80 bits per heavy atom. The van der Waals surface area contributed by atoms with Crippen LogP contribution in [-0.4, -0.2) is 28.4 Å². The molecule has 0 aliphatic carbocycles. The van der Waals surface area contributed by atoms with Gasteiger partial charge in [0, 0.05) is 19.0 Å². The minimum atomic E-state index is -0.278. The molecule has 1 fully saturated rings. The van der Waals surface area contributed by atoms with E-state index < -0.39 is 0 Å². The average Bonchev–Trinajstić information content (AvgIpc) is 3.06.